The molecule has 0 aliphatic heterocycles. The zero-order valence-electron chi connectivity index (χ0n) is 8.49. The van der Waals surface area contributed by atoms with E-state index < -0.39 is 0 Å². The molecule has 0 bridgehead atoms. The van der Waals surface area contributed by atoms with Gasteiger partial charge in [0.15, 0.2) is 0 Å². The van der Waals surface area contributed by atoms with Crippen LogP contribution in [0.15, 0.2) is 30.3 Å². The van der Waals surface area contributed by atoms with Crippen LogP contribution in [0.3, 0.4) is 0 Å². The maximum atomic E-state index is 9.67. The van der Waals surface area contributed by atoms with Gasteiger partial charge < -0.3 is 5.21 Å². The van der Waals surface area contributed by atoms with Crippen molar-refractivity contribution in [1.82, 2.24) is 5.06 Å². The van der Waals surface area contributed by atoms with Crippen LogP contribution >= 0.6 is 0 Å². The molecule has 1 aromatic rings. The molecular formula is C11H17NO. The predicted molar refractivity (Wildman–Crippen MR) is 53.5 cm³/mol. The number of hydrogen-bond donors (Lipinski definition) is 1. The molecule has 1 rings (SSSR count). The summed E-state index contributed by atoms with van der Waals surface area (Å²) in [7, 11) is 0. The van der Waals surface area contributed by atoms with Crippen molar-refractivity contribution >= 4 is 0 Å². The standard InChI is InChI=1S/C11H17NO/c1-11(2,3)12(13)9-10-7-5-4-6-8-10/h4-8,13H,9H2,1-3H3. The van der Waals surface area contributed by atoms with Crippen molar-refractivity contribution in [2.24, 2.45) is 0 Å². The van der Waals surface area contributed by atoms with Gasteiger partial charge >= 0.3 is 0 Å². The Kier molecular flexibility index (Phi) is 3.07. The van der Waals surface area contributed by atoms with Crippen molar-refractivity contribution in [3.05, 3.63) is 35.9 Å². The summed E-state index contributed by atoms with van der Waals surface area (Å²) in [6.07, 6.45) is 0. The van der Waals surface area contributed by atoms with Crippen LogP contribution in [0.4, 0.5) is 0 Å². The molecule has 0 aliphatic carbocycles. The summed E-state index contributed by atoms with van der Waals surface area (Å²) in [4.78, 5) is 0. The lowest BCUT2D eigenvalue weighted by Gasteiger charge is -2.29. The van der Waals surface area contributed by atoms with E-state index in [9.17, 15) is 5.21 Å². The predicted octanol–water partition coefficient (Wildman–Crippen LogP) is 2.68. The third-order valence-electron chi connectivity index (χ3n) is 1.95. The quantitative estimate of drug-likeness (QED) is 0.705. The van der Waals surface area contributed by atoms with Crippen molar-refractivity contribution in [3.63, 3.8) is 0 Å². The minimum atomic E-state index is -0.199. The Morgan fingerprint density at radius 2 is 1.69 bits per heavy atom. The minimum Gasteiger partial charge on any atom is -0.313 e. The highest BCUT2D eigenvalue weighted by molar-refractivity contribution is 5.14. The van der Waals surface area contributed by atoms with E-state index in [0.29, 0.717) is 6.54 Å². The molecule has 0 aromatic heterocycles. The van der Waals surface area contributed by atoms with Crippen molar-refractivity contribution in [1.29, 1.82) is 0 Å². The molecule has 0 saturated carbocycles. The topological polar surface area (TPSA) is 23.5 Å². The summed E-state index contributed by atoms with van der Waals surface area (Å²) in [6, 6.07) is 9.95. The Hall–Kier alpha value is -0.860. The van der Waals surface area contributed by atoms with E-state index in [4.69, 9.17) is 0 Å². The van der Waals surface area contributed by atoms with E-state index in [1.54, 1.807) is 0 Å². The summed E-state index contributed by atoms with van der Waals surface area (Å²) >= 11 is 0. The fourth-order valence-corrected chi connectivity index (χ4v) is 0.994. The number of hydrogen-bond acceptors (Lipinski definition) is 2. The molecule has 1 N–H and O–H groups in total. The molecular weight excluding hydrogens is 162 g/mol. The normalized spacial score (nSPS) is 12.1. The summed E-state index contributed by atoms with van der Waals surface area (Å²) in [5.41, 5.74) is 0.926. The molecule has 0 amide bonds. The molecule has 0 saturated heterocycles. The van der Waals surface area contributed by atoms with Crippen LogP contribution in [0.2, 0.25) is 0 Å². The van der Waals surface area contributed by atoms with Crippen molar-refractivity contribution in [2.75, 3.05) is 0 Å². The zero-order chi connectivity index (χ0) is 9.90. The Balaban J connectivity index is 2.61. The molecule has 0 aliphatic rings. The maximum absolute atomic E-state index is 9.67. The van der Waals surface area contributed by atoms with E-state index >= 15 is 0 Å². The second-order valence-electron chi connectivity index (χ2n) is 4.21. The molecule has 2 heteroatoms. The molecule has 13 heavy (non-hydrogen) atoms. The van der Waals surface area contributed by atoms with Crippen LogP contribution in [0.25, 0.3) is 0 Å². The first-order valence-electron chi connectivity index (χ1n) is 4.50. The van der Waals surface area contributed by atoms with Gasteiger partial charge in [-0.25, -0.2) is 0 Å². The van der Waals surface area contributed by atoms with Crippen molar-refractivity contribution < 1.29 is 5.21 Å². The maximum Gasteiger partial charge on any atom is 0.0494 e. The first-order chi connectivity index (χ1) is 6.00. The Labute approximate surface area is 79.8 Å². The molecule has 72 valence electrons. The summed E-state index contributed by atoms with van der Waals surface area (Å²) in [5.74, 6) is 0. The van der Waals surface area contributed by atoms with Crippen LogP contribution in [0.1, 0.15) is 26.3 Å². The Morgan fingerprint density at radius 1 is 1.15 bits per heavy atom. The minimum absolute atomic E-state index is 0.199. The summed E-state index contributed by atoms with van der Waals surface area (Å²) in [6.45, 7) is 6.52. The average Bonchev–Trinajstić information content (AvgIpc) is 2.04. The molecule has 1 aromatic carbocycles. The summed E-state index contributed by atoms with van der Waals surface area (Å²) in [5, 5.41) is 11.0. The lowest BCUT2D eigenvalue weighted by molar-refractivity contribution is -0.163. The SMILES string of the molecule is CC(C)(C)N(O)Cc1ccccc1. The van der Waals surface area contributed by atoms with Gasteiger partial charge in [0.2, 0.25) is 0 Å². The molecule has 0 heterocycles. The largest absolute Gasteiger partial charge is 0.313 e. The van der Waals surface area contributed by atoms with E-state index in [1.165, 1.54) is 5.06 Å². The molecule has 2 nitrogen and oxygen atoms in total. The highest BCUT2D eigenvalue weighted by Crippen LogP contribution is 2.13. The molecule has 0 unspecified atom stereocenters. The number of nitrogens with zero attached hydrogens (tertiary/aromatic N) is 1. The number of benzene rings is 1. The molecule has 0 spiro atoms. The fourth-order valence-electron chi connectivity index (χ4n) is 0.994. The van der Waals surface area contributed by atoms with Gasteiger partial charge in [0.05, 0.1) is 0 Å². The van der Waals surface area contributed by atoms with Gasteiger partial charge in [-0.3, -0.25) is 0 Å². The Morgan fingerprint density at radius 3 is 2.15 bits per heavy atom. The van der Waals surface area contributed by atoms with Crippen LogP contribution < -0.4 is 0 Å². The van der Waals surface area contributed by atoms with Gasteiger partial charge in [-0.1, -0.05) is 30.3 Å². The van der Waals surface area contributed by atoms with Crippen LogP contribution in [-0.2, 0) is 6.54 Å². The average molecular weight is 179 g/mol. The van der Waals surface area contributed by atoms with Crippen LogP contribution in [0, 0.1) is 0 Å². The zero-order valence-corrected chi connectivity index (χ0v) is 8.49. The van der Waals surface area contributed by atoms with Gasteiger partial charge in [-0.05, 0) is 26.3 Å². The lowest BCUT2D eigenvalue weighted by atomic mass is 10.1. The second kappa shape index (κ2) is 3.90. The Bertz CT molecular complexity index is 251. The third-order valence-corrected chi connectivity index (χ3v) is 1.95. The van der Waals surface area contributed by atoms with Gasteiger partial charge in [0.1, 0.15) is 0 Å². The van der Waals surface area contributed by atoms with E-state index in [2.05, 4.69) is 0 Å². The first kappa shape index (κ1) is 10.2. The van der Waals surface area contributed by atoms with Crippen LogP contribution in [0.5, 0.6) is 0 Å². The van der Waals surface area contributed by atoms with Gasteiger partial charge in [0, 0.05) is 12.1 Å². The molecule has 0 atom stereocenters. The van der Waals surface area contributed by atoms with E-state index in [1.807, 2.05) is 51.1 Å². The van der Waals surface area contributed by atoms with Gasteiger partial charge in [0.25, 0.3) is 0 Å². The molecule has 0 fully saturated rings. The second-order valence-corrected chi connectivity index (χ2v) is 4.21. The van der Waals surface area contributed by atoms with Gasteiger partial charge in [-0.15, -0.1) is 0 Å². The monoisotopic (exact) mass is 179 g/mol. The molecule has 0 radical (unpaired) electrons. The fraction of sp³-hybridized carbons (Fsp3) is 0.455. The summed E-state index contributed by atoms with van der Waals surface area (Å²) < 4.78 is 0. The van der Waals surface area contributed by atoms with Crippen molar-refractivity contribution in [3.8, 4) is 0 Å². The first-order valence-corrected chi connectivity index (χ1v) is 4.50. The van der Waals surface area contributed by atoms with E-state index in [-0.39, 0.29) is 5.54 Å². The highest BCUT2D eigenvalue weighted by Gasteiger charge is 2.18. The van der Waals surface area contributed by atoms with Crippen molar-refractivity contribution in [2.45, 2.75) is 32.9 Å². The van der Waals surface area contributed by atoms with E-state index in [0.717, 1.165) is 5.56 Å². The van der Waals surface area contributed by atoms with Crippen LogP contribution in [-0.4, -0.2) is 15.8 Å². The smallest absolute Gasteiger partial charge is 0.0494 e. The van der Waals surface area contributed by atoms with Gasteiger partial charge in [-0.2, -0.15) is 5.06 Å². The third kappa shape index (κ3) is 3.17. The lowest BCUT2D eigenvalue weighted by Crippen LogP contribution is -2.37. The number of hydroxylamine groups is 2. The highest BCUT2D eigenvalue weighted by atomic mass is 16.5. The number of rotatable bonds is 2.